The number of aromatic nitrogens is 2. The quantitative estimate of drug-likeness (QED) is 0.586. The Balaban J connectivity index is 1.79. The van der Waals surface area contributed by atoms with Gasteiger partial charge < -0.3 is 5.32 Å². The second-order valence-electron chi connectivity index (χ2n) is 6.92. The molecule has 1 N–H and O–H groups in total. The number of hydrogen-bond acceptors (Lipinski definition) is 4. The van der Waals surface area contributed by atoms with Crippen molar-refractivity contribution in [2.24, 2.45) is 0 Å². The molecule has 3 rings (SSSR count). The number of anilines is 1. The number of amides is 1. The Bertz CT molecular complexity index is 1130. The van der Waals surface area contributed by atoms with E-state index in [0.717, 1.165) is 22.4 Å². The third-order valence-electron chi connectivity index (χ3n) is 4.49. The van der Waals surface area contributed by atoms with Gasteiger partial charge in [0.2, 0.25) is 5.91 Å². The highest BCUT2D eigenvalue weighted by Gasteiger charge is 2.17. The average molecular weight is 428 g/mol. The number of halogens is 1. The topological polar surface area (TPSA) is 64.0 Å². The van der Waals surface area contributed by atoms with E-state index in [-0.39, 0.29) is 11.5 Å². The van der Waals surface area contributed by atoms with Crippen LogP contribution in [0.25, 0.3) is 5.69 Å². The van der Waals surface area contributed by atoms with Crippen LogP contribution in [0.15, 0.2) is 58.4 Å². The van der Waals surface area contributed by atoms with Crippen molar-refractivity contribution in [3.05, 3.63) is 80.6 Å². The Morgan fingerprint density at radius 1 is 1.07 bits per heavy atom. The van der Waals surface area contributed by atoms with Gasteiger partial charge in [-0.1, -0.05) is 41.6 Å². The predicted molar refractivity (Wildman–Crippen MR) is 119 cm³/mol. The van der Waals surface area contributed by atoms with Crippen LogP contribution in [0.2, 0.25) is 5.02 Å². The normalized spacial score (nSPS) is 11.9. The van der Waals surface area contributed by atoms with Crippen LogP contribution in [0.3, 0.4) is 0 Å². The molecule has 0 unspecified atom stereocenters. The van der Waals surface area contributed by atoms with Crippen molar-refractivity contribution in [3.8, 4) is 5.69 Å². The maximum Gasteiger partial charge on any atom is 0.271 e. The molecule has 0 saturated heterocycles. The van der Waals surface area contributed by atoms with E-state index in [0.29, 0.717) is 15.7 Å². The molecule has 1 atom stereocenters. The lowest BCUT2D eigenvalue weighted by molar-refractivity contribution is -0.115. The van der Waals surface area contributed by atoms with Crippen LogP contribution >= 0.6 is 23.4 Å². The number of carbonyl (C=O) groups excluding carboxylic acids is 1. The van der Waals surface area contributed by atoms with E-state index in [9.17, 15) is 9.59 Å². The summed E-state index contributed by atoms with van der Waals surface area (Å²) in [5, 5.41) is 8.12. The molecule has 2 aromatic carbocycles. The minimum absolute atomic E-state index is 0.123. The number of nitrogens with one attached hydrogen (secondary N) is 1. The molecule has 5 nitrogen and oxygen atoms in total. The monoisotopic (exact) mass is 427 g/mol. The van der Waals surface area contributed by atoms with Crippen LogP contribution < -0.4 is 10.9 Å². The van der Waals surface area contributed by atoms with Gasteiger partial charge in [-0.05, 0) is 68.7 Å². The zero-order chi connectivity index (χ0) is 21.1. The molecule has 1 amide bonds. The highest BCUT2D eigenvalue weighted by molar-refractivity contribution is 8.00. The van der Waals surface area contributed by atoms with E-state index >= 15 is 0 Å². The molecular weight excluding hydrogens is 406 g/mol. The SMILES string of the molecule is Cc1ccc(C)c(NC(=O)[C@H](C)Sc2ccc(=O)n(-c3ccc(C)c(Cl)c3)n2)c1. The highest BCUT2D eigenvalue weighted by Crippen LogP contribution is 2.24. The summed E-state index contributed by atoms with van der Waals surface area (Å²) in [6.45, 7) is 7.64. The second kappa shape index (κ2) is 8.84. The van der Waals surface area contributed by atoms with Crippen molar-refractivity contribution in [3.63, 3.8) is 0 Å². The number of carbonyl (C=O) groups is 1. The average Bonchev–Trinajstić information content (AvgIpc) is 2.68. The zero-order valence-corrected chi connectivity index (χ0v) is 18.3. The minimum Gasteiger partial charge on any atom is -0.325 e. The molecule has 1 aromatic heterocycles. The molecule has 3 aromatic rings. The molecular formula is C22H22ClN3O2S. The number of aryl methyl sites for hydroxylation is 3. The summed E-state index contributed by atoms with van der Waals surface area (Å²) in [6.07, 6.45) is 0. The van der Waals surface area contributed by atoms with Gasteiger partial charge in [-0.2, -0.15) is 9.78 Å². The predicted octanol–water partition coefficient (Wildman–Crippen LogP) is 4.93. The van der Waals surface area contributed by atoms with Gasteiger partial charge in [0.15, 0.2) is 0 Å². The summed E-state index contributed by atoms with van der Waals surface area (Å²) in [7, 11) is 0. The number of nitrogens with zero attached hydrogens (tertiary/aromatic N) is 2. The molecule has 0 spiro atoms. The van der Waals surface area contributed by atoms with Gasteiger partial charge in [-0.15, -0.1) is 0 Å². The van der Waals surface area contributed by atoms with Gasteiger partial charge in [-0.3, -0.25) is 9.59 Å². The minimum atomic E-state index is -0.394. The second-order valence-corrected chi connectivity index (χ2v) is 8.69. The lowest BCUT2D eigenvalue weighted by atomic mass is 10.1. The largest absolute Gasteiger partial charge is 0.325 e. The van der Waals surface area contributed by atoms with Crippen molar-refractivity contribution < 1.29 is 4.79 Å². The van der Waals surface area contributed by atoms with Crippen molar-refractivity contribution in [2.45, 2.75) is 38.0 Å². The zero-order valence-electron chi connectivity index (χ0n) is 16.7. The molecule has 0 radical (unpaired) electrons. The molecule has 0 aliphatic carbocycles. The third kappa shape index (κ3) is 5.08. The van der Waals surface area contributed by atoms with Gasteiger partial charge in [0.25, 0.3) is 5.56 Å². The summed E-state index contributed by atoms with van der Waals surface area (Å²) in [5.41, 5.74) is 4.13. The molecule has 150 valence electrons. The molecule has 0 saturated carbocycles. The van der Waals surface area contributed by atoms with E-state index in [1.165, 1.54) is 22.5 Å². The van der Waals surface area contributed by atoms with Crippen molar-refractivity contribution in [1.29, 1.82) is 0 Å². The van der Waals surface area contributed by atoms with E-state index in [1.807, 2.05) is 52.0 Å². The van der Waals surface area contributed by atoms with Crippen LogP contribution in [0.4, 0.5) is 5.69 Å². The molecule has 1 heterocycles. The van der Waals surface area contributed by atoms with E-state index in [1.54, 1.807) is 18.2 Å². The fourth-order valence-electron chi connectivity index (χ4n) is 2.70. The van der Waals surface area contributed by atoms with Crippen molar-refractivity contribution >= 4 is 35.0 Å². The Kier molecular flexibility index (Phi) is 6.45. The standard InChI is InChI=1S/C22H22ClN3O2S/c1-13-5-6-15(3)19(11-13)24-22(28)16(4)29-20-9-10-21(27)26(25-20)17-8-7-14(2)18(23)12-17/h5-12,16H,1-4H3,(H,24,28)/t16-/m0/s1. The van der Waals surface area contributed by atoms with Gasteiger partial charge in [0, 0.05) is 16.8 Å². The first kappa shape index (κ1) is 21.1. The van der Waals surface area contributed by atoms with Crippen LogP contribution in [0.5, 0.6) is 0 Å². The number of benzene rings is 2. The first-order valence-corrected chi connectivity index (χ1v) is 10.4. The molecule has 7 heteroatoms. The summed E-state index contributed by atoms with van der Waals surface area (Å²) in [4.78, 5) is 24.9. The Hall–Kier alpha value is -2.57. The summed E-state index contributed by atoms with van der Waals surface area (Å²) in [5.74, 6) is -0.123. The van der Waals surface area contributed by atoms with Crippen molar-refractivity contribution in [2.75, 3.05) is 5.32 Å². The molecule has 0 aliphatic heterocycles. The van der Waals surface area contributed by atoms with E-state index in [4.69, 9.17) is 11.6 Å². The Morgan fingerprint density at radius 2 is 1.79 bits per heavy atom. The highest BCUT2D eigenvalue weighted by atomic mass is 35.5. The number of rotatable bonds is 5. The van der Waals surface area contributed by atoms with Crippen molar-refractivity contribution in [1.82, 2.24) is 9.78 Å². The number of hydrogen-bond donors (Lipinski definition) is 1. The molecule has 0 fully saturated rings. The third-order valence-corrected chi connectivity index (χ3v) is 5.93. The van der Waals surface area contributed by atoms with Crippen LogP contribution in [-0.2, 0) is 4.79 Å². The Labute approximate surface area is 179 Å². The fourth-order valence-corrected chi connectivity index (χ4v) is 3.67. The first-order valence-electron chi connectivity index (χ1n) is 9.16. The fraction of sp³-hybridized carbons (Fsp3) is 0.227. The lowest BCUT2D eigenvalue weighted by Crippen LogP contribution is -2.24. The van der Waals surface area contributed by atoms with Crippen LogP contribution in [0, 0.1) is 20.8 Å². The van der Waals surface area contributed by atoms with Gasteiger partial charge in [-0.25, -0.2) is 0 Å². The Morgan fingerprint density at radius 3 is 2.52 bits per heavy atom. The van der Waals surface area contributed by atoms with E-state index < -0.39 is 5.25 Å². The van der Waals surface area contributed by atoms with Gasteiger partial charge in [0.1, 0.15) is 5.03 Å². The lowest BCUT2D eigenvalue weighted by Gasteiger charge is -2.14. The number of thioether (sulfide) groups is 1. The summed E-state index contributed by atoms with van der Waals surface area (Å²) >= 11 is 7.47. The van der Waals surface area contributed by atoms with E-state index in [2.05, 4.69) is 10.4 Å². The smallest absolute Gasteiger partial charge is 0.271 e. The summed E-state index contributed by atoms with van der Waals surface area (Å²) in [6, 6.07) is 14.3. The molecule has 0 aliphatic rings. The molecule has 29 heavy (non-hydrogen) atoms. The summed E-state index contributed by atoms with van der Waals surface area (Å²) < 4.78 is 1.29. The van der Waals surface area contributed by atoms with Crippen LogP contribution in [-0.4, -0.2) is 20.9 Å². The van der Waals surface area contributed by atoms with Crippen LogP contribution in [0.1, 0.15) is 23.6 Å². The molecule has 0 bridgehead atoms. The van der Waals surface area contributed by atoms with Gasteiger partial charge in [0.05, 0.1) is 10.9 Å². The maximum absolute atomic E-state index is 12.6. The first-order chi connectivity index (χ1) is 13.7. The van der Waals surface area contributed by atoms with Gasteiger partial charge >= 0.3 is 0 Å². The maximum atomic E-state index is 12.6.